The van der Waals surface area contributed by atoms with Crippen molar-refractivity contribution in [1.82, 2.24) is 4.98 Å². The van der Waals surface area contributed by atoms with Gasteiger partial charge in [0, 0.05) is 10.9 Å². The van der Waals surface area contributed by atoms with Gasteiger partial charge in [-0.1, -0.05) is 17.7 Å². The van der Waals surface area contributed by atoms with Crippen LogP contribution in [-0.4, -0.2) is 30.6 Å². The molecule has 0 saturated carbocycles. The number of aryl methyl sites for hydroxylation is 1. The van der Waals surface area contributed by atoms with Crippen LogP contribution in [0, 0.1) is 6.92 Å². The number of anilines is 1. The minimum absolute atomic E-state index is 0.371. The van der Waals surface area contributed by atoms with Crippen LogP contribution in [0.5, 0.6) is 5.75 Å². The quantitative estimate of drug-likeness (QED) is 0.654. The van der Waals surface area contributed by atoms with E-state index < -0.39 is 11.9 Å². The van der Waals surface area contributed by atoms with Gasteiger partial charge in [-0.15, -0.1) is 11.3 Å². The highest BCUT2D eigenvalue weighted by Crippen LogP contribution is 2.26. The highest BCUT2D eigenvalue weighted by atomic mass is 32.1. The molecule has 7 heteroatoms. The smallest absolute Gasteiger partial charge is 0.338 e. The maximum Gasteiger partial charge on any atom is 0.338 e. The zero-order valence-electron chi connectivity index (χ0n) is 14.9. The van der Waals surface area contributed by atoms with Gasteiger partial charge in [-0.05, 0) is 43.3 Å². The fourth-order valence-corrected chi connectivity index (χ4v) is 3.02. The molecule has 0 aliphatic carbocycles. The number of hydrogen-bond donors (Lipinski definition) is 1. The molecule has 3 rings (SSSR count). The second-order valence-corrected chi connectivity index (χ2v) is 6.61. The summed E-state index contributed by atoms with van der Waals surface area (Å²) in [4.78, 5) is 28.3. The Labute approximate surface area is 160 Å². The Morgan fingerprint density at radius 3 is 2.44 bits per heavy atom. The Morgan fingerprint density at radius 1 is 1.07 bits per heavy atom. The molecule has 1 aromatic heterocycles. The summed E-state index contributed by atoms with van der Waals surface area (Å²) in [5, 5.41) is 4.92. The van der Waals surface area contributed by atoms with Crippen LogP contribution in [0.2, 0.25) is 0 Å². The summed E-state index contributed by atoms with van der Waals surface area (Å²) in [6, 6.07) is 14.4. The summed E-state index contributed by atoms with van der Waals surface area (Å²) in [7, 11) is 1.61. The summed E-state index contributed by atoms with van der Waals surface area (Å²) >= 11 is 1.30. The van der Waals surface area contributed by atoms with Gasteiger partial charge in [0.05, 0.1) is 18.4 Å². The fraction of sp³-hybridized carbons (Fsp3) is 0.150. The number of nitrogens with zero attached hydrogens (tertiary/aromatic N) is 1. The summed E-state index contributed by atoms with van der Waals surface area (Å²) in [6.45, 7) is 1.56. The van der Waals surface area contributed by atoms with E-state index in [1.165, 1.54) is 11.3 Å². The maximum absolute atomic E-state index is 12.0. The van der Waals surface area contributed by atoms with Gasteiger partial charge in [0.15, 0.2) is 11.7 Å². The summed E-state index contributed by atoms with van der Waals surface area (Å²) in [6.07, 6.45) is 0. The van der Waals surface area contributed by atoms with Crippen molar-refractivity contribution in [3.8, 4) is 17.0 Å². The van der Waals surface area contributed by atoms with Crippen LogP contribution in [0.25, 0.3) is 11.3 Å². The van der Waals surface area contributed by atoms with Crippen molar-refractivity contribution in [2.75, 3.05) is 19.0 Å². The topological polar surface area (TPSA) is 77.5 Å². The molecule has 0 radical (unpaired) electrons. The Morgan fingerprint density at radius 2 is 1.78 bits per heavy atom. The van der Waals surface area contributed by atoms with Gasteiger partial charge in [0.25, 0.3) is 5.91 Å². The van der Waals surface area contributed by atoms with Gasteiger partial charge in [0.2, 0.25) is 0 Å². The molecule has 0 atom stereocenters. The van der Waals surface area contributed by atoms with Crippen LogP contribution in [0.1, 0.15) is 15.9 Å². The van der Waals surface area contributed by atoms with Crippen LogP contribution < -0.4 is 10.1 Å². The molecule has 0 fully saturated rings. The molecule has 1 heterocycles. The predicted molar refractivity (Wildman–Crippen MR) is 104 cm³/mol. The van der Waals surface area contributed by atoms with Crippen molar-refractivity contribution >= 4 is 28.3 Å². The lowest BCUT2D eigenvalue weighted by Crippen LogP contribution is -2.20. The van der Waals surface area contributed by atoms with E-state index in [2.05, 4.69) is 10.3 Å². The number of methoxy groups -OCH3 is 1. The second-order valence-electron chi connectivity index (χ2n) is 5.76. The number of rotatable bonds is 6. The van der Waals surface area contributed by atoms with Crippen molar-refractivity contribution in [2.24, 2.45) is 0 Å². The van der Waals surface area contributed by atoms with Crippen LogP contribution in [0.3, 0.4) is 0 Å². The molecule has 6 nitrogen and oxygen atoms in total. The monoisotopic (exact) mass is 382 g/mol. The minimum Gasteiger partial charge on any atom is -0.497 e. The Kier molecular flexibility index (Phi) is 5.83. The largest absolute Gasteiger partial charge is 0.497 e. The highest BCUT2D eigenvalue weighted by molar-refractivity contribution is 7.14. The van der Waals surface area contributed by atoms with Crippen molar-refractivity contribution < 1.29 is 19.1 Å². The number of esters is 1. The third kappa shape index (κ3) is 4.92. The lowest BCUT2D eigenvalue weighted by molar-refractivity contribution is -0.119. The Balaban J connectivity index is 1.54. The molecule has 27 heavy (non-hydrogen) atoms. The standard InChI is InChI=1S/C20H18N2O4S/c1-13-3-5-15(6-4-13)19(24)26-11-18(23)22-20-21-17(12-27-20)14-7-9-16(25-2)10-8-14/h3-10,12H,11H2,1-2H3,(H,21,22,23). The molecule has 0 saturated heterocycles. The number of ether oxygens (including phenoxy) is 2. The van der Waals surface area contributed by atoms with Gasteiger partial charge in [-0.2, -0.15) is 0 Å². The summed E-state index contributed by atoms with van der Waals surface area (Å²) < 4.78 is 10.2. The van der Waals surface area contributed by atoms with Gasteiger partial charge < -0.3 is 9.47 Å². The number of carbonyl (C=O) groups is 2. The van der Waals surface area contributed by atoms with Crippen molar-refractivity contribution in [3.63, 3.8) is 0 Å². The van der Waals surface area contributed by atoms with Crippen molar-refractivity contribution in [2.45, 2.75) is 6.92 Å². The number of benzene rings is 2. The van der Waals surface area contributed by atoms with Gasteiger partial charge >= 0.3 is 5.97 Å². The van der Waals surface area contributed by atoms with Crippen molar-refractivity contribution in [1.29, 1.82) is 0 Å². The Bertz CT molecular complexity index is 933. The first kappa shape index (κ1) is 18.6. The fourth-order valence-electron chi connectivity index (χ4n) is 2.28. The minimum atomic E-state index is -0.539. The van der Waals surface area contributed by atoms with Crippen LogP contribution in [0.15, 0.2) is 53.9 Å². The van der Waals surface area contributed by atoms with Gasteiger partial charge in [-0.25, -0.2) is 9.78 Å². The van der Waals surface area contributed by atoms with E-state index in [4.69, 9.17) is 9.47 Å². The van der Waals surface area contributed by atoms with Crippen LogP contribution in [0.4, 0.5) is 5.13 Å². The normalized spacial score (nSPS) is 10.3. The molecular formula is C20H18N2O4S. The summed E-state index contributed by atoms with van der Waals surface area (Å²) in [5.41, 5.74) is 3.11. The van der Waals surface area contributed by atoms with Crippen LogP contribution in [-0.2, 0) is 9.53 Å². The molecule has 138 valence electrons. The van der Waals surface area contributed by atoms with E-state index in [1.807, 2.05) is 48.7 Å². The average molecular weight is 382 g/mol. The number of aromatic nitrogens is 1. The zero-order valence-corrected chi connectivity index (χ0v) is 15.7. The summed E-state index contributed by atoms with van der Waals surface area (Å²) in [5.74, 6) is -0.216. The molecule has 0 bridgehead atoms. The lowest BCUT2D eigenvalue weighted by atomic mass is 10.1. The molecule has 0 aliphatic rings. The molecule has 0 unspecified atom stereocenters. The molecule has 0 spiro atoms. The number of amides is 1. The first-order valence-electron chi connectivity index (χ1n) is 8.19. The van der Waals surface area contributed by atoms with Gasteiger partial charge in [0.1, 0.15) is 5.75 Å². The Hall–Kier alpha value is -3.19. The molecule has 3 aromatic rings. The zero-order chi connectivity index (χ0) is 19.2. The van der Waals surface area contributed by atoms with E-state index in [-0.39, 0.29) is 6.61 Å². The number of nitrogens with one attached hydrogen (secondary N) is 1. The van der Waals surface area contributed by atoms with E-state index in [1.54, 1.807) is 19.2 Å². The van der Waals surface area contributed by atoms with Gasteiger partial charge in [-0.3, -0.25) is 10.1 Å². The molecule has 0 aliphatic heterocycles. The molecule has 1 N–H and O–H groups in total. The third-order valence-electron chi connectivity index (χ3n) is 3.76. The molecule has 2 aromatic carbocycles. The van der Waals surface area contributed by atoms with E-state index >= 15 is 0 Å². The number of thiazole rings is 1. The molecular weight excluding hydrogens is 364 g/mol. The highest BCUT2D eigenvalue weighted by Gasteiger charge is 2.12. The third-order valence-corrected chi connectivity index (χ3v) is 4.52. The van der Waals surface area contributed by atoms with E-state index in [9.17, 15) is 9.59 Å². The number of carbonyl (C=O) groups excluding carboxylic acids is 2. The number of hydrogen-bond acceptors (Lipinski definition) is 6. The average Bonchev–Trinajstić information content (AvgIpc) is 3.15. The first-order valence-corrected chi connectivity index (χ1v) is 9.07. The maximum atomic E-state index is 12.0. The van der Waals surface area contributed by atoms with Crippen LogP contribution >= 0.6 is 11.3 Å². The van der Waals surface area contributed by atoms with Crippen molar-refractivity contribution in [3.05, 3.63) is 65.0 Å². The van der Waals surface area contributed by atoms with E-state index in [0.29, 0.717) is 10.7 Å². The lowest BCUT2D eigenvalue weighted by Gasteiger charge is -2.05. The SMILES string of the molecule is COc1ccc(-c2csc(NC(=O)COC(=O)c3ccc(C)cc3)n2)cc1. The molecule has 1 amide bonds. The predicted octanol–water partition coefficient (Wildman–Crippen LogP) is 3.92. The second kappa shape index (κ2) is 8.46. The first-order chi connectivity index (χ1) is 13.0. The van der Waals surface area contributed by atoms with E-state index in [0.717, 1.165) is 22.6 Å².